The Bertz CT molecular complexity index is 352. The molecule has 0 bridgehead atoms. The Labute approximate surface area is 112 Å². The van der Waals surface area contributed by atoms with E-state index in [-0.39, 0.29) is 18.4 Å². The first-order valence-electron chi connectivity index (χ1n) is 5.88. The highest BCUT2D eigenvalue weighted by molar-refractivity contribution is 5.85. The lowest BCUT2D eigenvalue weighted by molar-refractivity contribution is -0.137. The SMILES string of the molecule is CCCCC[C@@H](N)c1cccc(C(F)(F)F)c1.Cl. The predicted octanol–water partition coefficient (Wildman–Crippen LogP) is 4.71. The molecule has 1 atom stereocenters. The van der Waals surface area contributed by atoms with E-state index in [9.17, 15) is 13.2 Å². The van der Waals surface area contributed by atoms with E-state index in [1.54, 1.807) is 6.07 Å². The van der Waals surface area contributed by atoms with E-state index in [2.05, 4.69) is 6.92 Å². The zero-order chi connectivity index (χ0) is 12.9. The zero-order valence-corrected chi connectivity index (χ0v) is 11.2. The number of unbranched alkanes of at least 4 members (excludes halogenated alkanes) is 2. The molecule has 0 aliphatic carbocycles. The molecule has 0 radical (unpaired) electrons. The third-order valence-corrected chi connectivity index (χ3v) is 2.76. The van der Waals surface area contributed by atoms with Crippen molar-refractivity contribution in [1.29, 1.82) is 0 Å². The minimum Gasteiger partial charge on any atom is -0.324 e. The molecular formula is C13H19ClF3N. The highest BCUT2D eigenvalue weighted by atomic mass is 35.5. The maximum atomic E-state index is 12.5. The van der Waals surface area contributed by atoms with Gasteiger partial charge in [0.15, 0.2) is 0 Å². The van der Waals surface area contributed by atoms with Crippen LogP contribution in [0.25, 0.3) is 0 Å². The van der Waals surface area contributed by atoms with Gasteiger partial charge in [0.05, 0.1) is 5.56 Å². The van der Waals surface area contributed by atoms with Crippen molar-refractivity contribution in [3.8, 4) is 0 Å². The third kappa shape index (κ3) is 5.27. The summed E-state index contributed by atoms with van der Waals surface area (Å²) in [5.74, 6) is 0. The summed E-state index contributed by atoms with van der Waals surface area (Å²) in [4.78, 5) is 0. The van der Waals surface area contributed by atoms with Crippen LogP contribution in [0.5, 0.6) is 0 Å². The Balaban J connectivity index is 0.00000289. The third-order valence-electron chi connectivity index (χ3n) is 2.76. The molecule has 1 rings (SSSR count). The van der Waals surface area contributed by atoms with Crippen LogP contribution in [0.1, 0.15) is 49.8 Å². The molecule has 0 heterocycles. The van der Waals surface area contributed by atoms with Crippen molar-refractivity contribution in [3.63, 3.8) is 0 Å². The summed E-state index contributed by atoms with van der Waals surface area (Å²) >= 11 is 0. The average molecular weight is 282 g/mol. The largest absolute Gasteiger partial charge is 0.416 e. The van der Waals surface area contributed by atoms with Crippen LogP contribution >= 0.6 is 12.4 Å². The van der Waals surface area contributed by atoms with Gasteiger partial charge in [0, 0.05) is 6.04 Å². The molecule has 0 saturated carbocycles. The van der Waals surface area contributed by atoms with E-state index in [1.165, 1.54) is 6.07 Å². The van der Waals surface area contributed by atoms with E-state index in [0.717, 1.165) is 37.8 Å². The Morgan fingerprint density at radius 1 is 1.22 bits per heavy atom. The summed E-state index contributed by atoms with van der Waals surface area (Å²) in [6.07, 6.45) is -0.468. The standard InChI is InChI=1S/C13H18F3N.ClH/c1-2-3-4-8-12(17)10-6-5-7-11(9-10)13(14,15)16;/h5-7,9,12H,2-4,8,17H2,1H3;1H/t12-;/m1./s1. The molecule has 0 saturated heterocycles. The van der Waals surface area contributed by atoms with E-state index < -0.39 is 11.7 Å². The molecule has 0 spiro atoms. The molecule has 0 aliphatic rings. The van der Waals surface area contributed by atoms with Crippen LogP contribution in [0.15, 0.2) is 24.3 Å². The molecule has 2 N–H and O–H groups in total. The molecule has 1 aromatic carbocycles. The van der Waals surface area contributed by atoms with Crippen LogP contribution in [0.3, 0.4) is 0 Å². The van der Waals surface area contributed by atoms with Crippen LogP contribution in [-0.4, -0.2) is 0 Å². The number of benzene rings is 1. The van der Waals surface area contributed by atoms with Crippen LogP contribution in [0.2, 0.25) is 0 Å². The quantitative estimate of drug-likeness (QED) is 0.777. The lowest BCUT2D eigenvalue weighted by atomic mass is 9.99. The topological polar surface area (TPSA) is 26.0 Å². The fraction of sp³-hybridized carbons (Fsp3) is 0.538. The highest BCUT2D eigenvalue weighted by Gasteiger charge is 2.30. The van der Waals surface area contributed by atoms with Crippen molar-refractivity contribution < 1.29 is 13.2 Å². The van der Waals surface area contributed by atoms with Crippen molar-refractivity contribution in [2.75, 3.05) is 0 Å². The van der Waals surface area contributed by atoms with Gasteiger partial charge in [0.1, 0.15) is 0 Å². The number of alkyl halides is 3. The van der Waals surface area contributed by atoms with Crippen molar-refractivity contribution in [1.82, 2.24) is 0 Å². The summed E-state index contributed by atoms with van der Waals surface area (Å²) in [5.41, 5.74) is 5.82. The Morgan fingerprint density at radius 3 is 2.44 bits per heavy atom. The van der Waals surface area contributed by atoms with Crippen LogP contribution in [0.4, 0.5) is 13.2 Å². The van der Waals surface area contributed by atoms with Crippen LogP contribution in [-0.2, 0) is 6.18 Å². The van der Waals surface area contributed by atoms with Gasteiger partial charge in [-0.3, -0.25) is 0 Å². The van der Waals surface area contributed by atoms with E-state index in [1.807, 2.05) is 0 Å². The summed E-state index contributed by atoms with van der Waals surface area (Å²) in [6, 6.07) is 4.99. The summed E-state index contributed by atoms with van der Waals surface area (Å²) in [5, 5.41) is 0. The van der Waals surface area contributed by atoms with Crippen molar-refractivity contribution in [3.05, 3.63) is 35.4 Å². The summed E-state index contributed by atoms with van der Waals surface area (Å²) in [6.45, 7) is 2.08. The van der Waals surface area contributed by atoms with Gasteiger partial charge in [-0.15, -0.1) is 12.4 Å². The first kappa shape index (κ1) is 17.3. The lowest BCUT2D eigenvalue weighted by Gasteiger charge is -2.14. The number of nitrogens with two attached hydrogens (primary N) is 1. The van der Waals surface area contributed by atoms with E-state index in [4.69, 9.17) is 5.73 Å². The van der Waals surface area contributed by atoms with Gasteiger partial charge in [0.2, 0.25) is 0 Å². The van der Waals surface area contributed by atoms with Gasteiger partial charge in [0.25, 0.3) is 0 Å². The molecule has 104 valence electrons. The molecule has 0 unspecified atom stereocenters. The lowest BCUT2D eigenvalue weighted by Crippen LogP contribution is -2.12. The van der Waals surface area contributed by atoms with Gasteiger partial charge in [-0.05, 0) is 24.1 Å². The molecule has 0 aliphatic heterocycles. The Morgan fingerprint density at radius 2 is 1.89 bits per heavy atom. The van der Waals surface area contributed by atoms with Gasteiger partial charge in [-0.2, -0.15) is 13.2 Å². The molecular weight excluding hydrogens is 263 g/mol. The first-order chi connectivity index (χ1) is 7.95. The van der Waals surface area contributed by atoms with Crippen molar-refractivity contribution >= 4 is 12.4 Å². The first-order valence-corrected chi connectivity index (χ1v) is 5.88. The van der Waals surface area contributed by atoms with Crippen LogP contribution in [0, 0.1) is 0 Å². The van der Waals surface area contributed by atoms with E-state index >= 15 is 0 Å². The van der Waals surface area contributed by atoms with Gasteiger partial charge >= 0.3 is 6.18 Å². The normalized spacial score (nSPS) is 12.9. The minimum absolute atomic E-state index is 0. The number of halogens is 4. The second kappa shape index (κ2) is 7.64. The van der Waals surface area contributed by atoms with Crippen molar-refractivity contribution in [2.24, 2.45) is 5.73 Å². The Kier molecular flexibility index (Phi) is 7.33. The summed E-state index contributed by atoms with van der Waals surface area (Å²) < 4.78 is 37.5. The Hall–Kier alpha value is -0.740. The second-order valence-electron chi connectivity index (χ2n) is 4.23. The highest BCUT2D eigenvalue weighted by Crippen LogP contribution is 2.31. The van der Waals surface area contributed by atoms with Crippen LogP contribution < -0.4 is 5.73 Å². The zero-order valence-electron chi connectivity index (χ0n) is 10.3. The maximum Gasteiger partial charge on any atom is 0.416 e. The monoisotopic (exact) mass is 281 g/mol. The van der Waals surface area contributed by atoms with Gasteiger partial charge in [-0.1, -0.05) is 38.3 Å². The number of hydrogen-bond donors (Lipinski definition) is 1. The molecule has 0 fully saturated rings. The molecule has 0 aromatic heterocycles. The van der Waals surface area contributed by atoms with Gasteiger partial charge < -0.3 is 5.73 Å². The van der Waals surface area contributed by atoms with E-state index in [0.29, 0.717) is 5.56 Å². The average Bonchev–Trinajstić information content (AvgIpc) is 2.28. The molecule has 0 amide bonds. The molecule has 1 aromatic rings. The number of rotatable bonds is 5. The van der Waals surface area contributed by atoms with Gasteiger partial charge in [-0.25, -0.2) is 0 Å². The predicted molar refractivity (Wildman–Crippen MR) is 69.8 cm³/mol. The maximum absolute atomic E-state index is 12.5. The second-order valence-corrected chi connectivity index (χ2v) is 4.23. The molecule has 18 heavy (non-hydrogen) atoms. The van der Waals surface area contributed by atoms with Crippen molar-refractivity contribution in [2.45, 2.75) is 44.8 Å². The minimum atomic E-state index is -4.29. The summed E-state index contributed by atoms with van der Waals surface area (Å²) in [7, 11) is 0. The number of hydrogen-bond acceptors (Lipinski definition) is 1. The smallest absolute Gasteiger partial charge is 0.324 e. The molecule has 1 nitrogen and oxygen atoms in total. The fourth-order valence-corrected chi connectivity index (χ4v) is 1.73. The fourth-order valence-electron chi connectivity index (χ4n) is 1.73. The molecule has 5 heteroatoms.